The van der Waals surface area contributed by atoms with E-state index in [9.17, 15) is 9.90 Å². The van der Waals surface area contributed by atoms with Crippen molar-refractivity contribution in [3.05, 3.63) is 48.0 Å². The monoisotopic (exact) mass is 421 g/mol. The Hall–Kier alpha value is -3.33. The van der Waals surface area contributed by atoms with Gasteiger partial charge in [0, 0.05) is 34.9 Å². The highest BCUT2D eigenvalue weighted by molar-refractivity contribution is 7.17. The number of rotatable bonds is 2. The molecule has 5 heterocycles. The molecule has 3 aromatic heterocycles. The van der Waals surface area contributed by atoms with E-state index < -0.39 is 11.9 Å². The standard InChI is InChI=1S/C21H16FN5O2S/c22-17-18(12-2-1-3-16-11(12)5-7-30-16)23-8-13-19(17)24-10-25-20(13)27-9-15-14(27)4-6-26(15)21(28)29/h1-3,5,7-8,10,14-15H,4,6,9H2,(H,28,29)/t14-,15-/m1/s1. The fourth-order valence-electron chi connectivity index (χ4n) is 4.70. The first-order chi connectivity index (χ1) is 14.6. The van der Waals surface area contributed by atoms with Gasteiger partial charge in [-0.25, -0.2) is 19.2 Å². The Morgan fingerprint density at radius 3 is 2.93 bits per heavy atom. The predicted octanol–water partition coefficient (Wildman–Crippen LogP) is 3.99. The zero-order chi connectivity index (χ0) is 20.4. The molecule has 0 spiro atoms. The maximum atomic E-state index is 15.5. The van der Waals surface area contributed by atoms with Crippen molar-refractivity contribution in [2.45, 2.75) is 18.5 Å². The number of likely N-dealkylation sites (tertiary alicyclic amines) is 1. The van der Waals surface area contributed by atoms with Gasteiger partial charge < -0.3 is 14.9 Å². The number of nitrogens with zero attached hydrogens (tertiary/aromatic N) is 5. The van der Waals surface area contributed by atoms with Crippen LogP contribution in [-0.2, 0) is 0 Å². The molecule has 2 atom stereocenters. The molecule has 2 aliphatic heterocycles. The fraction of sp³-hybridized carbons (Fsp3) is 0.238. The summed E-state index contributed by atoms with van der Waals surface area (Å²) in [7, 11) is 0. The van der Waals surface area contributed by atoms with Gasteiger partial charge in [-0.1, -0.05) is 12.1 Å². The first kappa shape index (κ1) is 17.5. The van der Waals surface area contributed by atoms with E-state index in [1.165, 1.54) is 11.2 Å². The SMILES string of the molecule is O=C(O)N1CC[C@@H]2[C@H]1CN2c1ncnc2c(F)c(-c3cccc4sccc34)ncc12. The summed E-state index contributed by atoms with van der Waals surface area (Å²) >= 11 is 1.61. The number of hydrogen-bond acceptors (Lipinski definition) is 6. The number of fused-ring (bicyclic) bond motifs is 3. The molecule has 30 heavy (non-hydrogen) atoms. The second kappa shape index (κ2) is 6.33. The Balaban J connectivity index is 1.43. The van der Waals surface area contributed by atoms with Crippen molar-refractivity contribution in [2.75, 3.05) is 18.0 Å². The Morgan fingerprint density at radius 1 is 1.17 bits per heavy atom. The van der Waals surface area contributed by atoms with Gasteiger partial charge in [-0.2, -0.15) is 0 Å². The van der Waals surface area contributed by atoms with E-state index in [0.29, 0.717) is 24.3 Å². The molecule has 2 saturated heterocycles. The van der Waals surface area contributed by atoms with Crippen molar-refractivity contribution < 1.29 is 14.3 Å². The maximum absolute atomic E-state index is 15.5. The second-order valence-corrected chi connectivity index (χ2v) is 8.52. The summed E-state index contributed by atoms with van der Waals surface area (Å²) in [6, 6.07) is 7.76. The number of carbonyl (C=O) groups is 1. The summed E-state index contributed by atoms with van der Waals surface area (Å²) in [5.41, 5.74) is 1.24. The Morgan fingerprint density at radius 2 is 2.07 bits per heavy atom. The number of carboxylic acid groups (broad SMARTS) is 1. The average Bonchev–Trinajstić information content (AvgIpc) is 3.33. The zero-order valence-corrected chi connectivity index (χ0v) is 16.5. The lowest BCUT2D eigenvalue weighted by Crippen LogP contribution is -2.63. The predicted molar refractivity (Wildman–Crippen MR) is 112 cm³/mol. The number of pyridine rings is 1. The number of amides is 1. The van der Waals surface area contributed by atoms with Gasteiger partial charge in [-0.3, -0.25) is 4.98 Å². The van der Waals surface area contributed by atoms with Crippen LogP contribution in [0.1, 0.15) is 6.42 Å². The van der Waals surface area contributed by atoms with Crippen LogP contribution in [0.25, 0.3) is 32.2 Å². The lowest BCUT2D eigenvalue weighted by molar-refractivity contribution is 0.129. The number of anilines is 1. The molecule has 7 nitrogen and oxygen atoms in total. The molecule has 1 aromatic carbocycles. The summed E-state index contributed by atoms with van der Waals surface area (Å²) in [6.07, 6.45) is 2.84. The second-order valence-electron chi connectivity index (χ2n) is 7.57. The molecule has 9 heteroatoms. The molecule has 150 valence electrons. The van der Waals surface area contributed by atoms with E-state index in [0.717, 1.165) is 22.1 Å². The quantitative estimate of drug-likeness (QED) is 0.527. The van der Waals surface area contributed by atoms with E-state index in [-0.39, 0.29) is 23.3 Å². The number of aromatic nitrogens is 3. The third-order valence-corrected chi connectivity index (χ3v) is 7.05. The number of thiophene rings is 1. The van der Waals surface area contributed by atoms with Crippen molar-refractivity contribution in [1.29, 1.82) is 0 Å². The molecular formula is C21H16FN5O2S. The van der Waals surface area contributed by atoms with Crippen molar-refractivity contribution >= 4 is 44.2 Å². The van der Waals surface area contributed by atoms with Crippen LogP contribution in [0.15, 0.2) is 42.2 Å². The molecule has 0 unspecified atom stereocenters. The summed E-state index contributed by atoms with van der Waals surface area (Å²) < 4.78 is 16.6. The fourth-order valence-corrected chi connectivity index (χ4v) is 5.51. The van der Waals surface area contributed by atoms with Gasteiger partial charge in [0.25, 0.3) is 0 Å². The number of hydrogen-bond donors (Lipinski definition) is 1. The number of benzene rings is 1. The minimum atomic E-state index is -0.894. The highest BCUT2D eigenvalue weighted by atomic mass is 32.1. The first-order valence-electron chi connectivity index (χ1n) is 9.65. The van der Waals surface area contributed by atoms with Gasteiger partial charge in [0.05, 0.1) is 17.5 Å². The van der Waals surface area contributed by atoms with Crippen molar-refractivity contribution in [3.63, 3.8) is 0 Å². The van der Waals surface area contributed by atoms with Crippen molar-refractivity contribution in [3.8, 4) is 11.3 Å². The van der Waals surface area contributed by atoms with Crippen molar-refractivity contribution in [2.24, 2.45) is 0 Å². The summed E-state index contributed by atoms with van der Waals surface area (Å²) in [5.74, 6) is 0.144. The van der Waals surface area contributed by atoms with Crippen LogP contribution in [-0.4, -0.2) is 56.2 Å². The summed E-state index contributed by atoms with van der Waals surface area (Å²) in [6.45, 7) is 1.05. The van der Waals surface area contributed by atoms with Crippen LogP contribution in [0, 0.1) is 5.82 Å². The summed E-state index contributed by atoms with van der Waals surface area (Å²) in [4.78, 5) is 27.9. The minimum absolute atomic E-state index is 0.0409. The Bertz CT molecular complexity index is 1330. The third kappa shape index (κ3) is 2.35. The molecule has 0 saturated carbocycles. The highest BCUT2D eigenvalue weighted by Gasteiger charge is 2.49. The molecule has 1 N–H and O–H groups in total. The van der Waals surface area contributed by atoms with Crippen LogP contribution in [0.2, 0.25) is 0 Å². The van der Waals surface area contributed by atoms with E-state index in [4.69, 9.17) is 0 Å². The van der Waals surface area contributed by atoms with Gasteiger partial charge in [-0.15, -0.1) is 11.3 Å². The molecular weight excluding hydrogens is 405 g/mol. The average molecular weight is 421 g/mol. The lowest BCUT2D eigenvalue weighted by Gasteiger charge is -2.47. The number of halogens is 1. The van der Waals surface area contributed by atoms with Crippen LogP contribution < -0.4 is 4.90 Å². The molecule has 2 fully saturated rings. The van der Waals surface area contributed by atoms with Gasteiger partial charge in [-0.05, 0) is 23.9 Å². The topological polar surface area (TPSA) is 82.5 Å². The molecule has 2 aliphatic rings. The molecule has 4 aromatic rings. The van der Waals surface area contributed by atoms with E-state index in [1.807, 2.05) is 34.5 Å². The highest BCUT2D eigenvalue weighted by Crippen LogP contribution is 2.39. The van der Waals surface area contributed by atoms with Gasteiger partial charge in [0.2, 0.25) is 0 Å². The first-order valence-corrected chi connectivity index (χ1v) is 10.5. The molecule has 1 amide bonds. The summed E-state index contributed by atoms with van der Waals surface area (Å²) in [5, 5.41) is 12.8. The van der Waals surface area contributed by atoms with Gasteiger partial charge in [0.1, 0.15) is 23.4 Å². The largest absolute Gasteiger partial charge is 0.465 e. The molecule has 0 aliphatic carbocycles. The molecule has 0 radical (unpaired) electrons. The van der Waals surface area contributed by atoms with Crippen LogP contribution in [0.5, 0.6) is 0 Å². The van der Waals surface area contributed by atoms with E-state index in [2.05, 4.69) is 15.0 Å². The van der Waals surface area contributed by atoms with Crippen LogP contribution >= 0.6 is 11.3 Å². The van der Waals surface area contributed by atoms with Crippen molar-refractivity contribution in [1.82, 2.24) is 19.9 Å². The van der Waals surface area contributed by atoms with E-state index >= 15 is 4.39 Å². The smallest absolute Gasteiger partial charge is 0.407 e. The van der Waals surface area contributed by atoms with Crippen LogP contribution in [0.4, 0.5) is 15.0 Å². The normalized spacial score (nSPS) is 20.6. The van der Waals surface area contributed by atoms with Gasteiger partial charge >= 0.3 is 6.09 Å². The lowest BCUT2D eigenvalue weighted by atomic mass is 9.96. The molecule has 6 rings (SSSR count). The van der Waals surface area contributed by atoms with Crippen LogP contribution in [0.3, 0.4) is 0 Å². The van der Waals surface area contributed by atoms with Gasteiger partial charge in [0.15, 0.2) is 5.82 Å². The minimum Gasteiger partial charge on any atom is -0.465 e. The Labute approximate surface area is 174 Å². The third-order valence-electron chi connectivity index (χ3n) is 6.16. The molecule has 0 bridgehead atoms. The Kier molecular flexibility index (Phi) is 3.70. The maximum Gasteiger partial charge on any atom is 0.407 e. The van der Waals surface area contributed by atoms with E-state index in [1.54, 1.807) is 17.5 Å². The zero-order valence-electron chi connectivity index (χ0n) is 15.7.